The Hall–Kier alpha value is -2.17. The summed E-state index contributed by atoms with van der Waals surface area (Å²) in [6.45, 7) is 6.38. The van der Waals surface area contributed by atoms with Crippen molar-refractivity contribution < 1.29 is 9.13 Å². The number of anilines is 1. The number of rotatable bonds is 4. The molecule has 0 saturated heterocycles. The average molecular weight is 275 g/mol. The largest absolute Gasteiger partial charge is 0.491 e. The third kappa shape index (κ3) is 2.57. The quantitative estimate of drug-likeness (QED) is 0.929. The Morgan fingerprint density at radius 3 is 2.60 bits per heavy atom. The molecule has 0 atom stereocenters. The van der Waals surface area contributed by atoms with Gasteiger partial charge in [-0.3, -0.25) is 0 Å². The van der Waals surface area contributed by atoms with Crippen molar-refractivity contribution in [2.24, 2.45) is 0 Å². The number of hydrogen-bond acceptors (Lipinski definition) is 4. The number of halogens is 1. The molecule has 0 amide bonds. The zero-order valence-electron chi connectivity index (χ0n) is 12.1. The summed E-state index contributed by atoms with van der Waals surface area (Å²) >= 11 is 0. The number of aromatic nitrogens is 2. The summed E-state index contributed by atoms with van der Waals surface area (Å²) in [5.74, 6) is 0.724. The molecule has 0 aliphatic carbocycles. The van der Waals surface area contributed by atoms with Crippen LogP contribution in [0.25, 0.3) is 11.3 Å². The summed E-state index contributed by atoms with van der Waals surface area (Å²) in [5, 5.41) is 3.09. The summed E-state index contributed by atoms with van der Waals surface area (Å²) in [6.07, 6.45) is 1.41. The lowest BCUT2D eigenvalue weighted by Gasteiger charge is -2.14. The van der Waals surface area contributed by atoms with Gasteiger partial charge in [-0.25, -0.2) is 14.4 Å². The molecule has 5 heteroatoms. The molecule has 1 aromatic heterocycles. The third-order valence-electron chi connectivity index (χ3n) is 3.02. The van der Waals surface area contributed by atoms with Gasteiger partial charge in [-0.2, -0.15) is 0 Å². The summed E-state index contributed by atoms with van der Waals surface area (Å²) in [4.78, 5) is 8.33. The first kappa shape index (κ1) is 14.2. The second-order valence-corrected chi connectivity index (χ2v) is 4.57. The molecule has 2 rings (SSSR count). The molecule has 4 nitrogen and oxygen atoms in total. The van der Waals surface area contributed by atoms with E-state index in [0.29, 0.717) is 29.4 Å². The number of ether oxygens (including phenoxy) is 1. The smallest absolute Gasteiger partial charge is 0.187 e. The van der Waals surface area contributed by atoms with Crippen molar-refractivity contribution in [1.82, 2.24) is 9.97 Å². The van der Waals surface area contributed by atoms with Crippen molar-refractivity contribution in [1.29, 1.82) is 0 Å². The minimum atomic E-state index is -0.304. The fraction of sp³-hybridized carbons (Fsp3) is 0.333. The average Bonchev–Trinajstić information content (AvgIpc) is 2.38. The molecular weight excluding hydrogens is 257 g/mol. The van der Waals surface area contributed by atoms with Crippen molar-refractivity contribution >= 4 is 5.82 Å². The number of nitrogens with zero attached hydrogens (tertiary/aromatic N) is 2. The molecule has 1 aromatic carbocycles. The van der Waals surface area contributed by atoms with Gasteiger partial charge in [0.05, 0.1) is 7.11 Å². The van der Waals surface area contributed by atoms with E-state index in [4.69, 9.17) is 4.74 Å². The van der Waals surface area contributed by atoms with Gasteiger partial charge in [0.25, 0.3) is 0 Å². The van der Waals surface area contributed by atoms with Gasteiger partial charge < -0.3 is 10.1 Å². The van der Waals surface area contributed by atoms with E-state index in [2.05, 4.69) is 15.3 Å². The number of nitrogens with one attached hydrogen (secondary N) is 1. The van der Waals surface area contributed by atoms with Crippen LogP contribution in [0.2, 0.25) is 0 Å². The van der Waals surface area contributed by atoms with Crippen molar-refractivity contribution in [3.63, 3.8) is 0 Å². The van der Waals surface area contributed by atoms with E-state index in [1.165, 1.54) is 19.5 Å². The van der Waals surface area contributed by atoms with Crippen LogP contribution < -0.4 is 10.1 Å². The maximum absolute atomic E-state index is 14.3. The molecule has 20 heavy (non-hydrogen) atoms. The Morgan fingerprint density at radius 1 is 1.25 bits per heavy atom. The highest BCUT2D eigenvalue weighted by atomic mass is 19.1. The second kappa shape index (κ2) is 5.86. The number of aryl methyl sites for hydroxylation is 2. The Labute approximate surface area is 118 Å². The van der Waals surface area contributed by atoms with E-state index in [0.717, 1.165) is 11.1 Å². The van der Waals surface area contributed by atoms with Crippen LogP contribution in [0.15, 0.2) is 18.5 Å². The van der Waals surface area contributed by atoms with Crippen LogP contribution in [0.5, 0.6) is 5.75 Å². The van der Waals surface area contributed by atoms with Crippen LogP contribution in [-0.2, 0) is 0 Å². The van der Waals surface area contributed by atoms with E-state index in [1.807, 2.05) is 26.8 Å². The van der Waals surface area contributed by atoms with E-state index in [-0.39, 0.29) is 5.82 Å². The maximum Gasteiger partial charge on any atom is 0.187 e. The van der Waals surface area contributed by atoms with Crippen LogP contribution in [0.1, 0.15) is 18.1 Å². The van der Waals surface area contributed by atoms with Crippen molar-refractivity contribution in [3.8, 4) is 17.0 Å². The Morgan fingerprint density at radius 2 is 2.00 bits per heavy atom. The highest BCUT2D eigenvalue weighted by Crippen LogP contribution is 2.36. The minimum absolute atomic E-state index is 0.304. The SMILES string of the molecule is CCNc1ncnc(-c2c(C)cc(C)cc2F)c1OC. The van der Waals surface area contributed by atoms with Gasteiger partial charge in [-0.1, -0.05) is 6.07 Å². The molecular formula is C15H18FN3O. The first-order chi connectivity index (χ1) is 9.58. The number of methoxy groups -OCH3 is 1. The fourth-order valence-electron chi connectivity index (χ4n) is 2.25. The summed E-state index contributed by atoms with van der Waals surface area (Å²) in [5.41, 5.74) is 2.62. The fourth-order valence-corrected chi connectivity index (χ4v) is 2.25. The van der Waals surface area contributed by atoms with Gasteiger partial charge in [0.2, 0.25) is 0 Å². The van der Waals surface area contributed by atoms with Gasteiger partial charge in [-0.15, -0.1) is 0 Å². The summed E-state index contributed by atoms with van der Waals surface area (Å²) in [7, 11) is 1.53. The van der Waals surface area contributed by atoms with Crippen LogP contribution >= 0.6 is 0 Å². The van der Waals surface area contributed by atoms with Crippen molar-refractivity contribution in [2.75, 3.05) is 19.0 Å². The Bertz CT molecular complexity index is 606. The number of benzene rings is 1. The highest BCUT2D eigenvalue weighted by Gasteiger charge is 2.18. The molecule has 1 N–H and O–H groups in total. The van der Waals surface area contributed by atoms with Gasteiger partial charge in [0, 0.05) is 12.1 Å². The highest BCUT2D eigenvalue weighted by molar-refractivity contribution is 5.75. The van der Waals surface area contributed by atoms with E-state index in [1.54, 1.807) is 0 Å². The monoisotopic (exact) mass is 275 g/mol. The normalized spacial score (nSPS) is 10.4. The molecule has 0 radical (unpaired) electrons. The van der Waals surface area contributed by atoms with Crippen LogP contribution in [0.4, 0.5) is 10.2 Å². The Balaban J connectivity index is 2.67. The van der Waals surface area contributed by atoms with Crippen molar-refractivity contribution in [2.45, 2.75) is 20.8 Å². The molecule has 2 aromatic rings. The van der Waals surface area contributed by atoms with E-state index < -0.39 is 0 Å². The zero-order chi connectivity index (χ0) is 14.7. The Kier molecular flexibility index (Phi) is 4.17. The first-order valence-electron chi connectivity index (χ1n) is 6.48. The molecule has 0 bridgehead atoms. The molecule has 0 aliphatic rings. The molecule has 1 heterocycles. The predicted molar refractivity (Wildman–Crippen MR) is 77.6 cm³/mol. The lowest BCUT2D eigenvalue weighted by Crippen LogP contribution is -2.05. The maximum atomic E-state index is 14.3. The zero-order valence-corrected chi connectivity index (χ0v) is 12.1. The minimum Gasteiger partial charge on any atom is -0.491 e. The van der Waals surface area contributed by atoms with Gasteiger partial charge in [0.15, 0.2) is 11.6 Å². The lowest BCUT2D eigenvalue weighted by molar-refractivity contribution is 0.414. The molecule has 0 spiro atoms. The van der Waals surface area contributed by atoms with Crippen LogP contribution in [-0.4, -0.2) is 23.6 Å². The summed E-state index contributed by atoms with van der Waals surface area (Å²) in [6, 6.07) is 3.42. The lowest BCUT2D eigenvalue weighted by atomic mass is 10.0. The molecule has 0 unspecified atom stereocenters. The topological polar surface area (TPSA) is 47.0 Å². The first-order valence-corrected chi connectivity index (χ1v) is 6.48. The van der Waals surface area contributed by atoms with Crippen LogP contribution in [0, 0.1) is 19.7 Å². The molecule has 106 valence electrons. The van der Waals surface area contributed by atoms with Crippen molar-refractivity contribution in [3.05, 3.63) is 35.4 Å². The van der Waals surface area contributed by atoms with E-state index in [9.17, 15) is 4.39 Å². The number of hydrogen-bond donors (Lipinski definition) is 1. The third-order valence-corrected chi connectivity index (χ3v) is 3.02. The van der Waals surface area contributed by atoms with Gasteiger partial charge in [-0.05, 0) is 38.0 Å². The van der Waals surface area contributed by atoms with E-state index >= 15 is 0 Å². The predicted octanol–water partition coefficient (Wildman–Crippen LogP) is 3.34. The van der Waals surface area contributed by atoms with Gasteiger partial charge >= 0.3 is 0 Å². The standard InChI is InChI=1S/C15H18FN3O/c1-5-17-15-14(20-4)13(18-8-19-15)12-10(3)6-9(2)7-11(12)16/h6-8H,5H2,1-4H3,(H,17,18,19). The second-order valence-electron chi connectivity index (χ2n) is 4.57. The summed E-state index contributed by atoms with van der Waals surface area (Å²) < 4.78 is 19.7. The molecule has 0 fully saturated rings. The van der Waals surface area contributed by atoms with Crippen LogP contribution in [0.3, 0.4) is 0 Å². The van der Waals surface area contributed by atoms with Gasteiger partial charge in [0.1, 0.15) is 17.8 Å². The molecule has 0 saturated carbocycles. The molecule has 0 aliphatic heterocycles.